The normalized spacial score (nSPS) is 28.7. The van der Waals surface area contributed by atoms with Crippen molar-refractivity contribution in [3.8, 4) is 0 Å². The molecule has 0 spiro atoms. The predicted octanol–water partition coefficient (Wildman–Crippen LogP) is 0.309. The van der Waals surface area contributed by atoms with Crippen molar-refractivity contribution in [2.45, 2.75) is 25.7 Å². The number of carbonyl (C=O) groups excluding carboxylic acids is 1. The Morgan fingerprint density at radius 3 is 2.47 bits per heavy atom. The average molecular weight is 240 g/mol. The summed E-state index contributed by atoms with van der Waals surface area (Å²) in [7, 11) is 0. The molecule has 5 heteroatoms. The zero-order valence-electron chi connectivity index (χ0n) is 10.0. The van der Waals surface area contributed by atoms with Crippen LogP contribution in [0.2, 0.25) is 0 Å². The van der Waals surface area contributed by atoms with E-state index in [0.29, 0.717) is 13.0 Å². The number of carboxylic acid groups (broad SMARTS) is 1. The summed E-state index contributed by atoms with van der Waals surface area (Å²) in [4.78, 5) is 24.5. The van der Waals surface area contributed by atoms with Gasteiger partial charge in [-0.25, -0.2) is 0 Å². The van der Waals surface area contributed by atoms with E-state index >= 15 is 0 Å². The predicted molar refractivity (Wildman–Crippen MR) is 62.5 cm³/mol. The summed E-state index contributed by atoms with van der Waals surface area (Å²) in [5.41, 5.74) is 0. The van der Waals surface area contributed by atoms with Crippen molar-refractivity contribution in [1.29, 1.82) is 0 Å². The van der Waals surface area contributed by atoms with Gasteiger partial charge in [0.15, 0.2) is 0 Å². The second-order valence-electron chi connectivity index (χ2n) is 4.98. The molecule has 0 aromatic rings. The molecule has 2 fully saturated rings. The number of hydrogen-bond donors (Lipinski definition) is 2. The number of carbonyl (C=O) groups is 2. The monoisotopic (exact) mass is 240 g/mol. The van der Waals surface area contributed by atoms with Crippen molar-refractivity contribution in [3.63, 3.8) is 0 Å². The number of nitrogens with zero attached hydrogens (tertiary/aromatic N) is 1. The van der Waals surface area contributed by atoms with Crippen LogP contribution in [0.25, 0.3) is 0 Å². The third-order valence-corrected chi connectivity index (χ3v) is 3.62. The van der Waals surface area contributed by atoms with Crippen LogP contribution in [0, 0.1) is 11.8 Å². The molecule has 2 unspecified atom stereocenters. The van der Waals surface area contributed by atoms with Crippen molar-refractivity contribution in [3.05, 3.63) is 0 Å². The van der Waals surface area contributed by atoms with Crippen LogP contribution in [0.5, 0.6) is 0 Å². The van der Waals surface area contributed by atoms with Crippen LogP contribution in [-0.2, 0) is 9.59 Å². The molecule has 2 atom stereocenters. The Hall–Kier alpha value is -1.10. The summed E-state index contributed by atoms with van der Waals surface area (Å²) in [5, 5.41) is 11.5. The molecule has 1 aliphatic heterocycles. The molecule has 1 amide bonds. The van der Waals surface area contributed by atoms with Gasteiger partial charge in [0.2, 0.25) is 5.91 Å². The summed E-state index contributed by atoms with van der Waals surface area (Å²) in [5.74, 6) is -1.66. The van der Waals surface area contributed by atoms with Crippen molar-refractivity contribution in [2.75, 3.05) is 26.2 Å². The fraction of sp³-hybridized carbons (Fsp3) is 0.833. The summed E-state index contributed by atoms with van der Waals surface area (Å²) >= 11 is 0. The quantitative estimate of drug-likeness (QED) is 0.725. The molecule has 0 aromatic carbocycles. The lowest BCUT2D eigenvalue weighted by Crippen LogP contribution is -2.38. The minimum Gasteiger partial charge on any atom is -0.481 e. The van der Waals surface area contributed by atoms with Crippen molar-refractivity contribution >= 4 is 11.9 Å². The Balaban J connectivity index is 1.59. The summed E-state index contributed by atoms with van der Waals surface area (Å²) in [6.45, 7) is 3.77. The van der Waals surface area contributed by atoms with Gasteiger partial charge < -0.3 is 15.3 Å². The van der Waals surface area contributed by atoms with Crippen LogP contribution < -0.4 is 5.32 Å². The van der Waals surface area contributed by atoms with Gasteiger partial charge in [-0.2, -0.15) is 0 Å². The lowest BCUT2D eigenvalue weighted by Gasteiger charge is -2.26. The van der Waals surface area contributed by atoms with Gasteiger partial charge in [-0.05, 0) is 32.4 Å². The maximum atomic E-state index is 11.6. The van der Waals surface area contributed by atoms with Crippen LogP contribution in [0.4, 0.5) is 0 Å². The standard InChI is InChI=1S/C12H20N2O3/c15-11(9-8-10(9)12(16)17)13-4-7-14-5-2-1-3-6-14/h9-10H,1-8H2,(H,13,15)(H,16,17). The molecule has 5 nitrogen and oxygen atoms in total. The molecule has 0 bridgehead atoms. The first-order chi connectivity index (χ1) is 8.18. The molecule has 1 aliphatic carbocycles. The molecule has 0 aromatic heterocycles. The zero-order valence-corrected chi connectivity index (χ0v) is 10.0. The highest BCUT2D eigenvalue weighted by Crippen LogP contribution is 2.38. The van der Waals surface area contributed by atoms with Gasteiger partial charge in [0.1, 0.15) is 0 Å². The summed E-state index contributed by atoms with van der Waals surface area (Å²) < 4.78 is 0. The third-order valence-electron chi connectivity index (χ3n) is 3.62. The highest BCUT2D eigenvalue weighted by molar-refractivity contribution is 5.89. The van der Waals surface area contributed by atoms with E-state index in [2.05, 4.69) is 10.2 Å². The Morgan fingerprint density at radius 1 is 1.18 bits per heavy atom. The number of aliphatic carboxylic acids is 1. The number of amides is 1. The molecule has 2 rings (SSSR count). The van der Waals surface area contributed by atoms with E-state index in [0.717, 1.165) is 19.6 Å². The van der Waals surface area contributed by atoms with Crippen LogP contribution in [-0.4, -0.2) is 48.1 Å². The van der Waals surface area contributed by atoms with E-state index in [1.165, 1.54) is 19.3 Å². The third kappa shape index (κ3) is 3.43. The molecule has 1 saturated heterocycles. The van der Waals surface area contributed by atoms with Gasteiger partial charge >= 0.3 is 5.97 Å². The maximum Gasteiger partial charge on any atom is 0.307 e. The Bertz CT molecular complexity index is 300. The maximum absolute atomic E-state index is 11.6. The van der Waals surface area contributed by atoms with Crippen molar-refractivity contribution in [1.82, 2.24) is 10.2 Å². The molecule has 1 heterocycles. The molecular weight excluding hydrogens is 220 g/mol. The van der Waals surface area contributed by atoms with Crippen LogP contribution in [0.1, 0.15) is 25.7 Å². The molecule has 96 valence electrons. The fourth-order valence-corrected chi connectivity index (χ4v) is 2.41. The molecule has 2 aliphatic rings. The van der Waals surface area contributed by atoms with E-state index in [4.69, 9.17) is 5.11 Å². The van der Waals surface area contributed by atoms with Gasteiger partial charge in [0.05, 0.1) is 11.8 Å². The van der Waals surface area contributed by atoms with E-state index in [1.54, 1.807) is 0 Å². The number of carboxylic acids is 1. The molecule has 0 radical (unpaired) electrons. The van der Waals surface area contributed by atoms with E-state index < -0.39 is 11.9 Å². The Labute approximate surface area is 101 Å². The molecule has 1 saturated carbocycles. The number of nitrogens with one attached hydrogen (secondary N) is 1. The van der Waals surface area contributed by atoms with Gasteiger partial charge in [0, 0.05) is 13.1 Å². The minimum atomic E-state index is -0.846. The number of piperidine rings is 1. The second-order valence-corrected chi connectivity index (χ2v) is 4.98. The first kappa shape index (κ1) is 12.4. The molecule has 17 heavy (non-hydrogen) atoms. The second kappa shape index (κ2) is 5.49. The molecule has 2 N–H and O–H groups in total. The van der Waals surface area contributed by atoms with Gasteiger partial charge in [-0.3, -0.25) is 9.59 Å². The highest BCUT2D eigenvalue weighted by atomic mass is 16.4. The van der Waals surface area contributed by atoms with Crippen LogP contribution >= 0.6 is 0 Å². The van der Waals surface area contributed by atoms with E-state index in [1.807, 2.05) is 0 Å². The number of hydrogen-bond acceptors (Lipinski definition) is 3. The van der Waals surface area contributed by atoms with E-state index in [9.17, 15) is 9.59 Å². The van der Waals surface area contributed by atoms with Crippen LogP contribution in [0.15, 0.2) is 0 Å². The number of likely N-dealkylation sites (tertiary alicyclic amines) is 1. The molecular formula is C12H20N2O3. The lowest BCUT2D eigenvalue weighted by molar-refractivity contribution is -0.140. The van der Waals surface area contributed by atoms with Gasteiger partial charge in [-0.15, -0.1) is 0 Å². The van der Waals surface area contributed by atoms with Crippen molar-refractivity contribution < 1.29 is 14.7 Å². The van der Waals surface area contributed by atoms with Crippen molar-refractivity contribution in [2.24, 2.45) is 11.8 Å². The highest BCUT2D eigenvalue weighted by Gasteiger charge is 2.48. The minimum absolute atomic E-state index is 0.0885. The summed E-state index contributed by atoms with van der Waals surface area (Å²) in [6.07, 6.45) is 4.31. The SMILES string of the molecule is O=C(O)C1CC1C(=O)NCCN1CCCCC1. The van der Waals surface area contributed by atoms with Crippen LogP contribution in [0.3, 0.4) is 0 Å². The largest absolute Gasteiger partial charge is 0.481 e. The topological polar surface area (TPSA) is 69.6 Å². The Morgan fingerprint density at radius 2 is 1.88 bits per heavy atom. The van der Waals surface area contributed by atoms with E-state index in [-0.39, 0.29) is 11.8 Å². The van der Waals surface area contributed by atoms with Gasteiger partial charge in [-0.1, -0.05) is 6.42 Å². The lowest BCUT2D eigenvalue weighted by atomic mass is 10.1. The number of rotatable bonds is 5. The van der Waals surface area contributed by atoms with Gasteiger partial charge in [0.25, 0.3) is 0 Å². The smallest absolute Gasteiger partial charge is 0.307 e. The fourth-order valence-electron chi connectivity index (χ4n) is 2.41. The Kier molecular flexibility index (Phi) is 3.99. The zero-order chi connectivity index (χ0) is 12.3. The first-order valence-corrected chi connectivity index (χ1v) is 6.41. The average Bonchev–Trinajstić information content (AvgIpc) is 3.10. The first-order valence-electron chi connectivity index (χ1n) is 6.41. The summed E-state index contributed by atoms with van der Waals surface area (Å²) in [6, 6.07) is 0.